The van der Waals surface area contributed by atoms with Crippen LogP contribution >= 0.6 is 11.6 Å². The van der Waals surface area contributed by atoms with Gasteiger partial charge in [-0.1, -0.05) is 30.7 Å². The van der Waals surface area contributed by atoms with Crippen LogP contribution in [0.5, 0.6) is 0 Å². The van der Waals surface area contributed by atoms with Crippen LogP contribution in [0.2, 0.25) is 0 Å². The highest BCUT2D eigenvalue weighted by atomic mass is 35.5. The summed E-state index contributed by atoms with van der Waals surface area (Å²) in [6.07, 6.45) is 9.90. The summed E-state index contributed by atoms with van der Waals surface area (Å²) in [5.74, 6) is 0.860. The highest BCUT2D eigenvalue weighted by molar-refractivity contribution is 6.22. The van der Waals surface area contributed by atoms with E-state index in [0.29, 0.717) is 17.2 Å². The van der Waals surface area contributed by atoms with E-state index in [1.807, 2.05) is 0 Å². The largest absolute Gasteiger partial charge is 0.378 e. The normalized spacial score (nSPS) is 31.2. The Hall–Kier alpha value is -1.51. The lowest BCUT2D eigenvalue weighted by atomic mass is 9.77. The number of ether oxygens (including phenoxy) is 1. The zero-order chi connectivity index (χ0) is 18.7. The summed E-state index contributed by atoms with van der Waals surface area (Å²) in [4.78, 5) is 8.40. The molecule has 3 aliphatic rings. The van der Waals surface area contributed by atoms with E-state index in [9.17, 15) is 5.26 Å². The van der Waals surface area contributed by atoms with Crippen LogP contribution in [-0.2, 0) is 4.74 Å². The molecule has 3 rings (SSSR count). The van der Waals surface area contributed by atoms with Crippen molar-refractivity contribution in [3.05, 3.63) is 23.7 Å². The minimum absolute atomic E-state index is 0.0812. The fourth-order valence-corrected chi connectivity index (χ4v) is 4.73. The summed E-state index contributed by atoms with van der Waals surface area (Å²) in [6.45, 7) is 10.6. The first-order chi connectivity index (χ1) is 12.5. The van der Waals surface area contributed by atoms with Crippen molar-refractivity contribution in [3.8, 4) is 6.07 Å². The standard InChI is InChI=1S/C20H29ClN4O/c1-4-5-6-7-17-18(21)25(17)19(16(13-22)23-3)24-10-8-20(9-11-24)12-15(2)26-14-20/h5-6,15,17-18H,3-4,7-12,14H2,1-2H3/b6-5-,19-16-/t15-,17?,18-,25?/m0/s1. The second-order valence-corrected chi connectivity index (χ2v) is 8.16. The summed E-state index contributed by atoms with van der Waals surface area (Å²) in [6, 6.07) is 2.44. The molecule has 26 heavy (non-hydrogen) atoms. The Morgan fingerprint density at radius 1 is 1.42 bits per heavy atom. The number of aliphatic imine (C=N–C) groups is 1. The molecule has 3 heterocycles. The van der Waals surface area contributed by atoms with Crippen molar-refractivity contribution in [1.82, 2.24) is 9.80 Å². The highest BCUT2D eigenvalue weighted by Crippen LogP contribution is 2.46. The predicted molar refractivity (Wildman–Crippen MR) is 105 cm³/mol. The van der Waals surface area contributed by atoms with E-state index in [4.69, 9.17) is 16.3 Å². The smallest absolute Gasteiger partial charge is 0.180 e. The maximum atomic E-state index is 9.56. The number of allylic oxidation sites excluding steroid dienone is 2. The minimum Gasteiger partial charge on any atom is -0.378 e. The number of hydrogen-bond donors (Lipinski definition) is 0. The van der Waals surface area contributed by atoms with Crippen molar-refractivity contribution < 1.29 is 4.74 Å². The van der Waals surface area contributed by atoms with Crippen LogP contribution in [-0.4, -0.2) is 53.9 Å². The molecule has 0 aromatic carbocycles. The van der Waals surface area contributed by atoms with Gasteiger partial charge in [0.1, 0.15) is 17.4 Å². The molecule has 3 atom stereocenters. The summed E-state index contributed by atoms with van der Waals surface area (Å²) in [7, 11) is 0. The molecule has 6 heteroatoms. The van der Waals surface area contributed by atoms with Gasteiger partial charge in [0.2, 0.25) is 0 Å². The third-order valence-corrected chi connectivity index (χ3v) is 6.37. The van der Waals surface area contributed by atoms with Gasteiger partial charge in [-0.3, -0.25) is 0 Å². The molecule has 3 saturated heterocycles. The molecule has 0 radical (unpaired) electrons. The van der Waals surface area contributed by atoms with Crippen LogP contribution in [0.3, 0.4) is 0 Å². The molecule has 0 aliphatic carbocycles. The number of rotatable bonds is 6. The third kappa shape index (κ3) is 3.77. The van der Waals surface area contributed by atoms with Crippen molar-refractivity contribution in [2.45, 2.75) is 63.6 Å². The number of nitrogens with zero attached hydrogens (tertiary/aromatic N) is 4. The van der Waals surface area contributed by atoms with Crippen molar-refractivity contribution in [1.29, 1.82) is 5.26 Å². The fraction of sp³-hybridized carbons (Fsp3) is 0.700. The van der Waals surface area contributed by atoms with E-state index >= 15 is 0 Å². The number of piperidine rings is 1. The van der Waals surface area contributed by atoms with Gasteiger partial charge in [0.05, 0.1) is 18.8 Å². The maximum absolute atomic E-state index is 9.56. The van der Waals surface area contributed by atoms with Gasteiger partial charge in [0.15, 0.2) is 5.70 Å². The van der Waals surface area contributed by atoms with Crippen molar-refractivity contribution in [2.24, 2.45) is 10.4 Å². The Bertz CT molecular complexity index is 630. The van der Waals surface area contributed by atoms with Gasteiger partial charge in [0.25, 0.3) is 0 Å². The van der Waals surface area contributed by atoms with Gasteiger partial charge < -0.3 is 14.5 Å². The molecule has 5 nitrogen and oxygen atoms in total. The average molecular weight is 377 g/mol. The first-order valence-electron chi connectivity index (χ1n) is 9.60. The van der Waals surface area contributed by atoms with E-state index in [2.05, 4.69) is 53.6 Å². The molecule has 0 aromatic rings. The first-order valence-corrected chi connectivity index (χ1v) is 10.0. The van der Waals surface area contributed by atoms with Gasteiger partial charge in [-0.25, -0.2) is 4.99 Å². The van der Waals surface area contributed by atoms with E-state index in [0.717, 1.165) is 57.6 Å². The van der Waals surface area contributed by atoms with Crippen LogP contribution < -0.4 is 0 Å². The topological polar surface area (TPSA) is 51.6 Å². The van der Waals surface area contributed by atoms with E-state index in [1.54, 1.807) is 0 Å². The van der Waals surface area contributed by atoms with E-state index < -0.39 is 0 Å². The molecule has 0 saturated carbocycles. The number of alkyl halides is 1. The number of nitriles is 1. The van der Waals surface area contributed by atoms with Gasteiger partial charge in [-0.15, -0.1) is 0 Å². The van der Waals surface area contributed by atoms with Gasteiger partial charge in [-0.2, -0.15) is 5.26 Å². The lowest BCUT2D eigenvalue weighted by Crippen LogP contribution is -2.42. The average Bonchev–Trinajstić information content (AvgIpc) is 3.12. The van der Waals surface area contributed by atoms with Crippen molar-refractivity contribution >= 4 is 18.3 Å². The Kier molecular flexibility index (Phi) is 5.94. The Morgan fingerprint density at radius 2 is 2.15 bits per heavy atom. The van der Waals surface area contributed by atoms with Gasteiger partial charge >= 0.3 is 0 Å². The molecule has 3 fully saturated rings. The molecule has 0 N–H and O–H groups in total. The monoisotopic (exact) mass is 376 g/mol. The molecule has 1 spiro atoms. The lowest BCUT2D eigenvalue weighted by Gasteiger charge is -2.41. The maximum Gasteiger partial charge on any atom is 0.180 e. The lowest BCUT2D eigenvalue weighted by molar-refractivity contribution is 0.0729. The molecular weight excluding hydrogens is 348 g/mol. The van der Waals surface area contributed by atoms with Crippen LogP contribution in [0.4, 0.5) is 0 Å². The second-order valence-electron chi connectivity index (χ2n) is 7.72. The summed E-state index contributed by atoms with van der Waals surface area (Å²) in [5.41, 5.74) is 0.602. The summed E-state index contributed by atoms with van der Waals surface area (Å²) in [5, 5.41) is 9.56. The van der Waals surface area contributed by atoms with Crippen LogP contribution in [0.1, 0.15) is 46.0 Å². The quantitative estimate of drug-likeness (QED) is 0.176. The molecular formula is C20H29ClN4O. The van der Waals surface area contributed by atoms with Crippen LogP contribution in [0, 0.1) is 16.7 Å². The van der Waals surface area contributed by atoms with Gasteiger partial charge in [0, 0.05) is 13.1 Å². The molecule has 0 bridgehead atoms. The van der Waals surface area contributed by atoms with E-state index in [-0.39, 0.29) is 11.5 Å². The van der Waals surface area contributed by atoms with Gasteiger partial charge in [-0.05, 0) is 51.2 Å². The predicted octanol–water partition coefficient (Wildman–Crippen LogP) is 3.88. The molecule has 0 amide bonds. The first kappa shape index (κ1) is 19.3. The number of likely N-dealkylation sites (tertiary alicyclic amines) is 1. The highest BCUT2D eigenvalue weighted by Gasteiger charge is 2.50. The van der Waals surface area contributed by atoms with Crippen LogP contribution in [0.15, 0.2) is 28.7 Å². The molecule has 0 aromatic heterocycles. The van der Waals surface area contributed by atoms with Crippen LogP contribution in [0.25, 0.3) is 0 Å². The molecule has 3 aliphatic heterocycles. The van der Waals surface area contributed by atoms with Crippen molar-refractivity contribution in [3.63, 3.8) is 0 Å². The fourth-order valence-electron chi connectivity index (χ4n) is 4.33. The third-order valence-electron chi connectivity index (χ3n) is 5.87. The van der Waals surface area contributed by atoms with Crippen molar-refractivity contribution in [2.75, 3.05) is 19.7 Å². The SMILES string of the molecule is C=N/C(C#N)=C(/N1CCC2(CC1)CO[C@@H](C)C2)N1C(C/C=C\CC)[C@H]1Cl. The summed E-state index contributed by atoms with van der Waals surface area (Å²) < 4.78 is 5.83. The Labute approximate surface area is 162 Å². The zero-order valence-corrected chi connectivity index (χ0v) is 16.6. The number of hydrogen-bond acceptors (Lipinski definition) is 5. The minimum atomic E-state index is -0.0812. The van der Waals surface area contributed by atoms with E-state index in [1.165, 1.54) is 0 Å². The second kappa shape index (κ2) is 8.02. The zero-order valence-electron chi connectivity index (χ0n) is 15.8. The number of halogens is 1. The molecule has 142 valence electrons. The Morgan fingerprint density at radius 3 is 2.69 bits per heavy atom. The summed E-state index contributed by atoms with van der Waals surface area (Å²) >= 11 is 6.55. The Balaban J connectivity index is 1.73. The molecule has 1 unspecified atom stereocenters.